The normalized spacial score (nSPS) is 11.8. The monoisotopic (exact) mass is 263 g/mol. The Morgan fingerprint density at radius 2 is 1.24 bits per heavy atom. The van der Waals surface area contributed by atoms with Gasteiger partial charge in [-0.15, -0.1) is 9.42 Å². The fraction of sp³-hybridized carbons (Fsp3) is 1.00. The van der Waals surface area contributed by atoms with Gasteiger partial charge in [-0.25, -0.2) is 0 Å². The van der Waals surface area contributed by atoms with Crippen molar-refractivity contribution in [2.75, 3.05) is 6.61 Å². The van der Waals surface area contributed by atoms with E-state index >= 15 is 0 Å². The molecule has 0 aliphatic carbocycles. The first-order valence-corrected chi connectivity index (χ1v) is 8.19. The molecule has 0 fully saturated rings. The van der Waals surface area contributed by atoms with E-state index in [1.165, 1.54) is 57.8 Å². The van der Waals surface area contributed by atoms with Crippen molar-refractivity contribution in [3.8, 4) is 0 Å². The van der Waals surface area contributed by atoms with Crippen molar-refractivity contribution in [3.63, 3.8) is 0 Å². The molecule has 4 heteroatoms. The van der Waals surface area contributed by atoms with E-state index in [-0.39, 0.29) is 0 Å². The molecule has 102 valence electrons. The zero-order valence-corrected chi connectivity index (χ0v) is 12.1. The second kappa shape index (κ2) is 14.1. The molecule has 0 radical (unpaired) electrons. The van der Waals surface area contributed by atoms with Crippen LogP contribution in [0.1, 0.15) is 77.6 Å². The topological polar surface area (TPSA) is 46.5 Å². The van der Waals surface area contributed by atoms with Crippen LogP contribution in [0.5, 0.6) is 0 Å². The van der Waals surface area contributed by atoms with E-state index in [1.807, 2.05) is 0 Å². The maximum absolute atomic E-state index is 10.2. The third kappa shape index (κ3) is 16.0. The highest BCUT2D eigenvalue weighted by molar-refractivity contribution is 7.32. The summed E-state index contributed by atoms with van der Waals surface area (Å²) >= 11 is 0. The molecule has 0 spiro atoms. The summed E-state index contributed by atoms with van der Waals surface area (Å²) in [5.41, 5.74) is 0. The average molecular weight is 263 g/mol. The van der Waals surface area contributed by atoms with Crippen molar-refractivity contribution in [2.45, 2.75) is 77.6 Å². The molecule has 1 N–H and O–H groups in total. The molecule has 3 nitrogen and oxygen atoms in total. The van der Waals surface area contributed by atoms with Crippen LogP contribution in [-0.2, 0) is 9.09 Å². The Hall–Kier alpha value is 0.0200. The number of hydrogen-bond acceptors (Lipinski definition) is 2. The lowest BCUT2D eigenvalue weighted by atomic mass is 10.1. The van der Waals surface area contributed by atoms with Gasteiger partial charge in [0.25, 0.3) is 0 Å². The highest BCUT2D eigenvalue weighted by atomic mass is 31.1. The van der Waals surface area contributed by atoms with Gasteiger partial charge in [-0.05, 0) is 6.42 Å². The molecular formula is C13H28O3P+. The minimum atomic E-state index is -2.39. The minimum absolute atomic E-state index is 0.419. The molecule has 0 aliphatic rings. The summed E-state index contributed by atoms with van der Waals surface area (Å²) in [6.07, 6.45) is 14.1. The number of rotatable bonds is 13. The van der Waals surface area contributed by atoms with Gasteiger partial charge in [0.05, 0.1) is 0 Å². The molecule has 0 aromatic rings. The second-order valence-corrected chi connectivity index (χ2v) is 5.34. The molecule has 0 amide bonds. The van der Waals surface area contributed by atoms with Crippen LogP contribution in [-0.4, -0.2) is 11.5 Å². The van der Waals surface area contributed by atoms with E-state index < -0.39 is 8.25 Å². The molecule has 0 aromatic heterocycles. The molecule has 0 bridgehead atoms. The van der Waals surface area contributed by atoms with Gasteiger partial charge in [-0.3, -0.25) is 0 Å². The third-order valence-corrected chi connectivity index (χ3v) is 3.35. The molecule has 1 unspecified atom stereocenters. The molecule has 0 aromatic carbocycles. The number of hydrogen-bond donors (Lipinski definition) is 1. The summed E-state index contributed by atoms with van der Waals surface area (Å²) in [7, 11) is -2.39. The Balaban J connectivity index is 2.91. The summed E-state index contributed by atoms with van der Waals surface area (Å²) in [4.78, 5) is 8.40. The highest BCUT2D eigenvalue weighted by Gasteiger charge is 2.09. The molecular weight excluding hydrogens is 235 g/mol. The van der Waals surface area contributed by atoms with Crippen molar-refractivity contribution < 1.29 is 14.0 Å². The van der Waals surface area contributed by atoms with E-state index in [0.29, 0.717) is 6.61 Å². The van der Waals surface area contributed by atoms with E-state index in [1.54, 1.807) is 0 Å². The van der Waals surface area contributed by atoms with Crippen LogP contribution < -0.4 is 0 Å². The molecule has 17 heavy (non-hydrogen) atoms. The van der Waals surface area contributed by atoms with E-state index in [2.05, 4.69) is 11.4 Å². The Labute approximate surface area is 107 Å². The summed E-state index contributed by atoms with van der Waals surface area (Å²) in [5, 5.41) is 0. The predicted molar refractivity (Wildman–Crippen MR) is 72.2 cm³/mol. The van der Waals surface area contributed by atoms with Crippen LogP contribution in [0.15, 0.2) is 0 Å². The van der Waals surface area contributed by atoms with Crippen molar-refractivity contribution in [1.29, 1.82) is 0 Å². The average Bonchev–Trinajstić information content (AvgIpc) is 2.30. The van der Waals surface area contributed by atoms with Gasteiger partial charge in [0.15, 0.2) is 0 Å². The zero-order valence-electron chi connectivity index (χ0n) is 11.2. The molecule has 0 saturated carbocycles. The molecule has 0 rings (SSSR count). The van der Waals surface area contributed by atoms with Crippen LogP contribution in [0.2, 0.25) is 0 Å². The van der Waals surface area contributed by atoms with Crippen LogP contribution in [0, 0.1) is 0 Å². The lowest BCUT2D eigenvalue weighted by molar-refractivity contribution is 0.273. The van der Waals surface area contributed by atoms with Crippen LogP contribution in [0.4, 0.5) is 0 Å². The Morgan fingerprint density at radius 3 is 1.65 bits per heavy atom. The first-order valence-electron chi connectivity index (χ1n) is 7.06. The summed E-state index contributed by atoms with van der Waals surface area (Å²) in [6.45, 7) is 2.67. The van der Waals surface area contributed by atoms with Crippen molar-refractivity contribution in [1.82, 2.24) is 0 Å². The minimum Gasteiger partial charge on any atom is -0.133 e. The van der Waals surface area contributed by atoms with E-state index in [9.17, 15) is 4.57 Å². The Morgan fingerprint density at radius 1 is 0.824 bits per heavy atom. The van der Waals surface area contributed by atoms with Gasteiger partial charge in [0.1, 0.15) is 6.61 Å². The Bertz CT molecular complexity index is 174. The van der Waals surface area contributed by atoms with E-state index in [4.69, 9.17) is 4.89 Å². The fourth-order valence-electron chi connectivity index (χ4n) is 1.91. The van der Waals surface area contributed by atoms with E-state index in [0.717, 1.165) is 12.8 Å². The lowest BCUT2D eigenvalue weighted by Crippen LogP contribution is -1.87. The van der Waals surface area contributed by atoms with Gasteiger partial charge in [-0.2, -0.15) is 0 Å². The quantitative estimate of drug-likeness (QED) is 0.377. The van der Waals surface area contributed by atoms with Crippen LogP contribution >= 0.6 is 8.25 Å². The first-order chi connectivity index (χ1) is 8.27. The molecule has 0 aliphatic heterocycles. The highest BCUT2D eigenvalue weighted by Crippen LogP contribution is 2.16. The maximum Gasteiger partial charge on any atom is 0.694 e. The summed E-state index contributed by atoms with van der Waals surface area (Å²) in [5.74, 6) is 0. The predicted octanol–water partition coefficient (Wildman–Crippen LogP) is 4.96. The molecule has 1 atom stereocenters. The summed E-state index contributed by atoms with van der Waals surface area (Å²) < 4.78 is 14.8. The number of unbranched alkanes of at least 4 members (excludes halogenated alkanes) is 10. The van der Waals surface area contributed by atoms with Gasteiger partial charge in [0, 0.05) is 4.57 Å². The molecule has 0 heterocycles. The fourth-order valence-corrected chi connectivity index (χ4v) is 2.19. The second-order valence-electron chi connectivity index (χ2n) is 4.61. The van der Waals surface area contributed by atoms with Gasteiger partial charge >= 0.3 is 8.25 Å². The van der Waals surface area contributed by atoms with Crippen molar-refractivity contribution in [3.05, 3.63) is 0 Å². The largest absolute Gasteiger partial charge is 0.694 e. The van der Waals surface area contributed by atoms with Gasteiger partial charge < -0.3 is 0 Å². The van der Waals surface area contributed by atoms with Gasteiger partial charge in [-0.1, -0.05) is 71.1 Å². The zero-order chi connectivity index (χ0) is 12.8. The molecule has 0 saturated heterocycles. The summed E-state index contributed by atoms with van der Waals surface area (Å²) in [6, 6.07) is 0. The SMILES string of the molecule is CCCCCCCCCCCCCO[P+](=O)O. The van der Waals surface area contributed by atoms with Crippen molar-refractivity contribution >= 4 is 8.25 Å². The first kappa shape index (κ1) is 17.0. The van der Waals surface area contributed by atoms with Crippen LogP contribution in [0.3, 0.4) is 0 Å². The smallest absolute Gasteiger partial charge is 0.133 e. The standard InChI is InChI=1S/C13H27O3P/c1-2-3-4-5-6-7-8-9-10-11-12-13-16-17(14)15/h2-13H2,1H3/p+1. The van der Waals surface area contributed by atoms with Crippen LogP contribution in [0.25, 0.3) is 0 Å². The maximum atomic E-state index is 10.2. The Kier molecular flexibility index (Phi) is 14.1. The van der Waals surface area contributed by atoms with Gasteiger partial charge in [0.2, 0.25) is 0 Å². The van der Waals surface area contributed by atoms with Crippen molar-refractivity contribution in [2.24, 2.45) is 0 Å². The lowest BCUT2D eigenvalue weighted by Gasteiger charge is -2.01. The third-order valence-electron chi connectivity index (χ3n) is 2.95.